The van der Waals surface area contributed by atoms with Crippen LogP contribution in [-0.2, 0) is 26.2 Å². The molecule has 0 aromatic heterocycles. The van der Waals surface area contributed by atoms with Crippen LogP contribution in [-0.4, -0.2) is 70.3 Å². The molecule has 2 aliphatic heterocycles. The summed E-state index contributed by atoms with van der Waals surface area (Å²) in [6.45, 7) is 1.78. The minimum atomic E-state index is -4.15. The Morgan fingerprint density at radius 3 is 2.38 bits per heavy atom. The molecule has 2 aliphatic rings. The van der Waals surface area contributed by atoms with Crippen molar-refractivity contribution in [1.82, 2.24) is 20.3 Å². The molecular formula is C33H38ClFN4O8S. The quantitative estimate of drug-likeness (QED) is 0.354. The van der Waals surface area contributed by atoms with Gasteiger partial charge in [0.05, 0.1) is 14.2 Å². The van der Waals surface area contributed by atoms with Crippen LogP contribution in [0, 0.1) is 5.82 Å². The lowest BCUT2D eigenvalue weighted by Gasteiger charge is -2.24. The van der Waals surface area contributed by atoms with Gasteiger partial charge in [-0.2, -0.15) is 4.31 Å². The smallest absolute Gasteiger partial charge is 0.251 e. The summed E-state index contributed by atoms with van der Waals surface area (Å²) in [5.41, 5.74) is 0.652. The zero-order valence-corrected chi connectivity index (χ0v) is 28.4. The first-order chi connectivity index (χ1) is 23.0. The molecule has 0 radical (unpaired) electrons. The third kappa shape index (κ3) is 9.14. The van der Waals surface area contributed by atoms with Gasteiger partial charge in [-0.05, 0) is 73.4 Å². The Kier molecular flexibility index (Phi) is 12.6. The second-order valence-corrected chi connectivity index (χ2v) is 13.2. The Morgan fingerprint density at radius 1 is 0.938 bits per heavy atom. The maximum Gasteiger partial charge on any atom is 0.251 e. The van der Waals surface area contributed by atoms with E-state index in [2.05, 4.69) is 16.0 Å². The number of carbonyl (C=O) groups is 3. The zero-order valence-electron chi connectivity index (χ0n) is 26.8. The van der Waals surface area contributed by atoms with Gasteiger partial charge in [0.1, 0.15) is 16.7 Å². The van der Waals surface area contributed by atoms with Gasteiger partial charge in [0.15, 0.2) is 23.1 Å². The zero-order chi connectivity index (χ0) is 34.8. The van der Waals surface area contributed by atoms with Crippen LogP contribution in [0.2, 0.25) is 5.02 Å². The number of hydrogen-bond acceptors (Lipinski definition) is 8. The van der Waals surface area contributed by atoms with Crippen LogP contribution in [0.25, 0.3) is 0 Å². The molecule has 258 valence electrons. The van der Waals surface area contributed by atoms with Crippen molar-refractivity contribution in [2.45, 2.75) is 50.1 Å². The molecular weight excluding hydrogens is 667 g/mol. The van der Waals surface area contributed by atoms with E-state index >= 15 is 4.39 Å². The number of nitrogens with one attached hydrogen (secondary N) is 3. The predicted molar refractivity (Wildman–Crippen MR) is 176 cm³/mol. The van der Waals surface area contributed by atoms with E-state index in [4.69, 9.17) is 25.8 Å². The minimum absolute atomic E-state index is 0.00797. The highest BCUT2D eigenvalue weighted by Gasteiger charge is 2.28. The van der Waals surface area contributed by atoms with E-state index in [9.17, 15) is 22.8 Å². The fraction of sp³-hybridized carbons (Fsp3) is 0.364. The Hall–Kier alpha value is -4.40. The molecule has 0 fully saturated rings. The van der Waals surface area contributed by atoms with Crippen LogP contribution >= 0.6 is 11.6 Å². The molecule has 0 aliphatic carbocycles. The first-order valence-corrected chi connectivity index (χ1v) is 17.1. The Labute approximate surface area is 283 Å². The summed E-state index contributed by atoms with van der Waals surface area (Å²) in [7, 11) is -1.40. The number of amides is 3. The van der Waals surface area contributed by atoms with Gasteiger partial charge in [0.2, 0.25) is 21.8 Å². The van der Waals surface area contributed by atoms with Crippen LogP contribution in [0.5, 0.6) is 23.0 Å². The molecule has 5 rings (SSSR count). The third-order valence-corrected chi connectivity index (χ3v) is 9.75. The summed E-state index contributed by atoms with van der Waals surface area (Å²) >= 11 is 6.13. The SMILES string of the molecule is CC[C@@H]1NC(=O)CCCN(S(=O)(=O)c2cc(Cl)ccc2OC)CCCNC(=O)c2ccc(OC)c(c2)Oc2ccc(cc2F)CNC1=O. The van der Waals surface area contributed by atoms with Crippen molar-refractivity contribution in [3.63, 3.8) is 0 Å². The van der Waals surface area contributed by atoms with Gasteiger partial charge in [-0.25, -0.2) is 12.8 Å². The van der Waals surface area contributed by atoms with Crippen molar-refractivity contribution in [1.29, 1.82) is 0 Å². The second-order valence-electron chi connectivity index (χ2n) is 10.9. The van der Waals surface area contributed by atoms with Crippen molar-refractivity contribution in [3.05, 3.63) is 76.6 Å². The van der Waals surface area contributed by atoms with E-state index < -0.39 is 39.6 Å². The van der Waals surface area contributed by atoms with Crippen LogP contribution in [0.1, 0.15) is 48.5 Å². The van der Waals surface area contributed by atoms with Gasteiger partial charge in [-0.15, -0.1) is 0 Å². The number of nitrogens with zero attached hydrogens (tertiary/aromatic N) is 1. The first-order valence-electron chi connectivity index (χ1n) is 15.3. The number of carbonyl (C=O) groups excluding carboxylic acids is 3. The number of benzene rings is 3. The molecule has 4 bridgehead atoms. The van der Waals surface area contributed by atoms with E-state index in [-0.39, 0.29) is 83.9 Å². The number of fused-ring (bicyclic) bond motifs is 16. The van der Waals surface area contributed by atoms with Gasteiger partial charge in [0.25, 0.3) is 5.91 Å². The summed E-state index contributed by atoms with van der Waals surface area (Å²) in [4.78, 5) is 38.6. The lowest BCUT2D eigenvalue weighted by atomic mass is 10.1. The van der Waals surface area contributed by atoms with Crippen LogP contribution in [0.3, 0.4) is 0 Å². The minimum Gasteiger partial charge on any atom is -0.495 e. The molecule has 3 aromatic rings. The highest BCUT2D eigenvalue weighted by molar-refractivity contribution is 7.89. The van der Waals surface area contributed by atoms with Crippen molar-refractivity contribution < 1.29 is 41.4 Å². The highest BCUT2D eigenvalue weighted by Crippen LogP contribution is 2.34. The molecule has 3 aromatic carbocycles. The maximum atomic E-state index is 15.1. The van der Waals surface area contributed by atoms with Crippen molar-refractivity contribution in [2.24, 2.45) is 0 Å². The lowest BCUT2D eigenvalue weighted by Crippen LogP contribution is -2.46. The number of hydrogen-bond donors (Lipinski definition) is 3. The van der Waals surface area contributed by atoms with Gasteiger partial charge in [-0.3, -0.25) is 14.4 Å². The largest absolute Gasteiger partial charge is 0.495 e. The van der Waals surface area contributed by atoms with E-state index in [0.29, 0.717) is 12.0 Å². The topological polar surface area (TPSA) is 152 Å². The van der Waals surface area contributed by atoms with Crippen LogP contribution in [0.15, 0.2) is 59.5 Å². The number of rotatable bonds is 5. The maximum absolute atomic E-state index is 15.1. The highest BCUT2D eigenvalue weighted by atomic mass is 35.5. The van der Waals surface area contributed by atoms with Crippen molar-refractivity contribution in [3.8, 4) is 23.0 Å². The molecule has 12 nitrogen and oxygen atoms in total. The molecule has 3 amide bonds. The average Bonchev–Trinajstić information content (AvgIpc) is 3.07. The van der Waals surface area contributed by atoms with Gasteiger partial charge in [-0.1, -0.05) is 24.6 Å². The van der Waals surface area contributed by atoms with Crippen LogP contribution in [0.4, 0.5) is 4.39 Å². The molecule has 1 atom stereocenters. The summed E-state index contributed by atoms with van der Waals surface area (Å²) < 4.78 is 60.3. The van der Waals surface area contributed by atoms with Gasteiger partial charge < -0.3 is 30.2 Å². The lowest BCUT2D eigenvalue weighted by molar-refractivity contribution is -0.129. The average molecular weight is 705 g/mol. The molecule has 0 saturated heterocycles. The van der Waals surface area contributed by atoms with E-state index in [1.807, 2.05) is 0 Å². The monoisotopic (exact) mass is 704 g/mol. The number of halogens is 2. The van der Waals surface area contributed by atoms with Gasteiger partial charge >= 0.3 is 0 Å². The summed E-state index contributed by atoms with van der Waals surface area (Å²) in [6.07, 6.45) is 0.583. The molecule has 15 heteroatoms. The summed E-state index contributed by atoms with van der Waals surface area (Å²) in [5.74, 6) is -1.74. The molecule has 48 heavy (non-hydrogen) atoms. The number of sulfonamides is 1. The fourth-order valence-corrected chi connectivity index (χ4v) is 6.94. The normalized spacial score (nSPS) is 17.4. The van der Waals surface area contributed by atoms with Crippen molar-refractivity contribution in [2.75, 3.05) is 33.9 Å². The standard InChI is InChI=1S/C33H38ClFN4O8S/c1-4-25-33(42)37-20-21-8-11-26(24(35)17-21)47-29-18-22(9-12-27(29)45-2)32(41)36-14-6-16-39(15-5-7-31(40)38-25)48(43,44)30-19-23(34)10-13-28(30)46-3/h8-13,17-19,25H,4-7,14-16,20H2,1-3H3,(H,36,41)(H,37,42)(H,38,40)/t25-/m0/s1. The fourth-order valence-electron chi connectivity index (χ4n) is 5.00. The molecule has 2 heterocycles. The van der Waals surface area contributed by atoms with E-state index in [1.54, 1.807) is 13.0 Å². The molecule has 0 unspecified atom stereocenters. The first kappa shape index (κ1) is 36.4. The Balaban J connectivity index is 1.62. The summed E-state index contributed by atoms with van der Waals surface area (Å²) in [5, 5.41) is 8.35. The van der Waals surface area contributed by atoms with E-state index in [0.717, 1.165) is 0 Å². The molecule has 0 spiro atoms. The molecule has 0 saturated carbocycles. The second kappa shape index (κ2) is 16.6. The predicted octanol–water partition coefficient (Wildman–Crippen LogP) is 4.40. The number of methoxy groups -OCH3 is 2. The summed E-state index contributed by atoms with van der Waals surface area (Å²) in [6, 6.07) is 12.0. The Morgan fingerprint density at radius 2 is 1.67 bits per heavy atom. The number of ether oxygens (including phenoxy) is 3. The van der Waals surface area contributed by atoms with Crippen molar-refractivity contribution >= 4 is 39.3 Å². The Bertz CT molecular complexity index is 1760. The third-order valence-electron chi connectivity index (χ3n) is 7.59. The van der Waals surface area contributed by atoms with Gasteiger partial charge in [0, 0.05) is 43.2 Å². The van der Waals surface area contributed by atoms with E-state index in [1.165, 1.54) is 67.1 Å². The van der Waals surface area contributed by atoms with Crippen LogP contribution < -0.4 is 30.2 Å². The molecule has 3 N–H and O–H groups in total.